The molecule has 0 amide bonds. The SMILES string of the molecule is C#CCCC(NCCC)c1ccc(C(C)C)cc1. The van der Waals surface area contributed by atoms with E-state index in [2.05, 4.69) is 56.3 Å². The first-order valence-corrected chi connectivity index (χ1v) is 6.95. The minimum Gasteiger partial charge on any atom is -0.310 e. The van der Waals surface area contributed by atoms with Crippen LogP contribution in [0, 0.1) is 12.3 Å². The molecule has 1 nitrogen and oxygen atoms in total. The van der Waals surface area contributed by atoms with Crippen LogP contribution in [0.3, 0.4) is 0 Å². The van der Waals surface area contributed by atoms with Crippen LogP contribution in [-0.2, 0) is 0 Å². The van der Waals surface area contributed by atoms with E-state index in [0.29, 0.717) is 12.0 Å². The second-order valence-electron chi connectivity index (χ2n) is 5.07. The molecule has 0 aliphatic rings. The van der Waals surface area contributed by atoms with E-state index < -0.39 is 0 Å². The maximum absolute atomic E-state index is 5.37. The molecule has 0 bridgehead atoms. The molecule has 98 valence electrons. The van der Waals surface area contributed by atoms with Crippen LogP contribution >= 0.6 is 0 Å². The molecule has 0 aliphatic heterocycles. The summed E-state index contributed by atoms with van der Waals surface area (Å²) in [6.45, 7) is 7.68. The molecule has 0 radical (unpaired) electrons. The molecule has 0 fully saturated rings. The maximum Gasteiger partial charge on any atom is 0.0329 e. The molecule has 1 heteroatoms. The Hall–Kier alpha value is -1.26. The molecule has 1 aromatic rings. The van der Waals surface area contributed by atoms with E-state index in [0.717, 1.165) is 25.8 Å². The van der Waals surface area contributed by atoms with Crippen molar-refractivity contribution in [1.29, 1.82) is 0 Å². The molecular weight excluding hydrogens is 218 g/mol. The Balaban J connectivity index is 2.74. The number of hydrogen-bond acceptors (Lipinski definition) is 1. The van der Waals surface area contributed by atoms with Crippen molar-refractivity contribution in [2.75, 3.05) is 6.54 Å². The number of terminal acetylenes is 1. The third-order valence-electron chi connectivity index (χ3n) is 3.22. The van der Waals surface area contributed by atoms with Gasteiger partial charge in [0.1, 0.15) is 0 Å². The Morgan fingerprint density at radius 2 is 1.78 bits per heavy atom. The highest BCUT2D eigenvalue weighted by Gasteiger charge is 2.10. The Morgan fingerprint density at radius 3 is 2.28 bits per heavy atom. The van der Waals surface area contributed by atoms with Crippen LogP contribution in [0.15, 0.2) is 24.3 Å². The zero-order valence-electron chi connectivity index (χ0n) is 11.9. The van der Waals surface area contributed by atoms with Crippen molar-refractivity contribution in [1.82, 2.24) is 5.32 Å². The highest BCUT2D eigenvalue weighted by atomic mass is 14.9. The van der Waals surface area contributed by atoms with Crippen LogP contribution in [0.1, 0.15) is 63.1 Å². The summed E-state index contributed by atoms with van der Waals surface area (Å²) in [4.78, 5) is 0. The van der Waals surface area contributed by atoms with Crippen LogP contribution in [-0.4, -0.2) is 6.54 Å². The number of nitrogens with one attached hydrogen (secondary N) is 1. The summed E-state index contributed by atoms with van der Waals surface area (Å²) in [5, 5.41) is 3.57. The van der Waals surface area contributed by atoms with Gasteiger partial charge in [0.2, 0.25) is 0 Å². The summed E-state index contributed by atoms with van der Waals surface area (Å²) in [6, 6.07) is 9.33. The summed E-state index contributed by atoms with van der Waals surface area (Å²) in [7, 11) is 0. The molecule has 1 N–H and O–H groups in total. The molecule has 0 heterocycles. The fourth-order valence-corrected chi connectivity index (χ4v) is 2.05. The van der Waals surface area contributed by atoms with Crippen LogP contribution in [0.5, 0.6) is 0 Å². The molecule has 1 atom stereocenters. The van der Waals surface area contributed by atoms with Crippen LogP contribution in [0.2, 0.25) is 0 Å². The topological polar surface area (TPSA) is 12.0 Å². The van der Waals surface area contributed by atoms with E-state index in [9.17, 15) is 0 Å². The van der Waals surface area contributed by atoms with Gasteiger partial charge in [-0.25, -0.2) is 0 Å². The number of benzene rings is 1. The van der Waals surface area contributed by atoms with Crippen molar-refractivity contribution >= 4 is 0 Å². The Morgan fingerprint density at radius 1 is 1.17 bits per heavy atom. The van der Waals surface area contributed by atoms with Gasteiger partial charge in [0.25, 0.3) is 0 Å². The normalized spacial score (nSPS) is 12.4. The lowest BCUT2D eigenvalue weighted by molar-refractivity contribution is 0.505. The number of hydrogen-bond donors (Lipinski definition) is 1. The molecule has 18 heavy (non-hydrogen) atoms. The smallest absolute Gasteiger partial charge is 0.0329 e. The van der Waals surface area contributed by atoms with Crippen molar-refractivity contribution in [2.24, 2.45) is 0 Å². The molecular formula is C17H25N. The quantitative estimate of drug-likeness (QED) is 0.705. The van der Waals surface area contributed by atoms with E-state index in [4.69, 9.17) is 6.42 Å². The Kier molecular flexibility index (Phi) is 6.54. The van der Waals surface area contributed by atoms with Crippen molar-refractivity contribution in [3.63, 3.8) is 0 Å². The fourth-order valence-electron chi connectivity index (χ4n) is 2.05. The monoisotopic (exact) mass is 243 g/mol. The maximum atomic E-state index is 5.37. The van der Waals surface area contributed by atoms with Gasteiger partial charge in [-0.2, -0.15) is 0 Å². The first-order valence-electron chi connectivity index (χ1n) is 6.95. The molecule has 1 unspecified atom stereocenters. The van der Waals surface area contributed by atoms with Gasteiger partial charge in [0, 0.05) is 12.5 Å². The third-order valence-corrected chi connectivity index (χ3v) is 3.22. The van der Waals surface area contributed by atoms with E-state index >= 15 is 0 Å². The lowest BCUT2D eigenvalue weighted by Crippen LogP contribution is -2.22. The van der Waals surface area contributed by atoms with E-state index in [1.807, 2.05) is 0 Å². The average Bonchev–Trinajstić information content (AvgIpc) is 2.39. The molecule has 0 aromatic heterocycles. The minimum atomic E-state index is 0.391. The second-order valence-corrected chi connectivity index (χ2v) is 5.07. The van der Waals surface area contributed by atoms with Gasteiger partial charge in [0.05, 0.1) is 0 Å². The highest BCUT2D eigenvalue weighted by molar-refractivity contribution is 5.27. The lowest BCUT2D eigenvalue weighted by Gasteiger charge is -2.19. The third kappa shape index (κ3) is 4.55. The van der Waals surface area contributed by atoms with Crippen LogP contribution in [0.4, 0.5) is 0 Å². The molecule has 0 saturated carbocycles. The molecule has 0 aliphatic carbocycles. The van der Waals surface area contributed by atoms with Crippen LogP contribution in [0.25, 0.3) is 0 Å². The van der Waals surface area contributed by atoms with Gasteiger partial charge in [-0.15, -0.1) is 12.3 Å². The summed E-state index contributed by atoms with van der Waals surface area (Å²) in [5.74, 6) is 3.32. The molecule has 0 spiro atoms. The Bertz CT molecular complexity index is 370. The summed E-state index contributed by atoms with van der Waals surface area (Å²) >= 11 is 0. The molecule has 0 saturated heterocycles. The van der Waals surface area contributed by atoms with Crippen molar-refractivity contribution < 1.29 is 0 Å². The van der Waals surface area contributed by atoms with E-state index in [1.54, 1.807) is 0 Å². The summed E-state index contributed by atoms with van der Waals surface area (Å²) < 4.78 is 0. The minimum absolute atomic E-state index is 0.391. The van der Waals surface area contributed by atoms with Gasteiger partial charge < -0.3 is 5.32 Å². The zero-order chi connectivity index (χ0) is 13.4. The van der Waals surface area contributed by atoms with Gasteiger partial charge in [-0.05, 0) is 36.4 Å². The van der Waals surface area contributed by atoms with Crippen molar-refractivity contribution in [3.8, 4) is 12.3 Å². The highest BCUT2D eigenvalue weighted by Crippen LogP contribution is 2.21. The van der Waals surface area contributed by atoms with Gasteiger partial charge in [-0.3, -0.25) is 0 Å². The largest absolute Gasteiger partial charge is 0.310 e. The summed E-state index contributed by atoms with van der Waals surface area (Å²) in [5.41, 5.74) is 2.74. The number of rotatable bonds is 7. The van der Waals surface area contributed by atoms with E-state index in [-0.39, 0.29) is 0 Å². The van der Waals surface area contributed by atoms with Gasteiger partial charge >= 0.3 is 0 Å². The lowest BCUT2D eigenvalue weighted by atomic mass is 9.97. The fraction of sp³-hybridized carbons (Fsp3) is 0.529. The van der Waals surface area contributed by atoms with E-state index in [1.165, 1.54) is 11.1 Å². The second kappa shape index (κ2) is 7.95. The molecule has 1 aromatic carbocycles. The first kappa shape index (κ1) is 14.8. The van der Waals surface area contributed by atoms with Crippen molar-refractivity contribution in [2.45, 2.75) is 52.0 Å². The molecule has 1 rings (SSSR count). The predicted molar refractivity (Wildman–Crippen MR) is 79.6 cm³/mol. The van der Waals surface area contributed by atoms with Crippen LogP contribution < -0.4 is 5.32 Å². The predicted octanol–water partition coefficient (Wildman–Crippen LogP) is 4.26. The zero-order valence-corrected chi connectivity index (χ0v) is 11.9. The average molecular weight is 243 g/mol. The summed E-state index contributed by atoms with van der Waals surface area (Å²) in [6.07, 6.45) is 8.36. The van der Waals surface area contributed by atoms with Crippen molar-refractivity contribution in [3.05, 3.63) is 35.4 Å². The first-order chi connectivity index (χ1) is 8.69. The standard InChI is InChI=1S/C17H25N/c1-5-7-8-17(18-13-6-2)16-11-9-15(10-12-16)14(3)4/h1,9-12,14,17-18H,6-8,13H2,2-4H3. The Labute approximate surface area is 112 Å². The van der Waals surface area contributed by atoms with Gasteiger partial charge in [-0.1, -0.05) is 45.0 Å². The van der Waals surface area contributed by atoms with Gasteiger partial charge in [0.15, 0.2) is 0 Å².